The number of nitrogens with one attached hydrogen (secondary N) is 1. The predicted octanol–water partition coefficient (Wildman–Crippen LogP) is 8.16. The fraction of sp³-hybridized carbons (Fsp3) is 0.400. The zero-order valence-corrected chi connectivity index (χ0v) is 29.9. The first-order valence-electron chi connectivity index (χ1n) is 15.2. The molecule has 3 aromatic rings. The number of rotatable bonds is 18. The molecule has 0 spiro atoms. The summed E-state index contributed by atoms with van der Waals surface area (Å²) >= 11 is 8.30. The van der Waals surface area contributed by atoms with E-state index in [9.17, 15) is 13.2 Å². The summed E-state index contributed by atoms with van der Waals surface area (Å²) in [5.74, 6) is 0.793. The van der Waals surface area contributed by atoms with Crippen molar-refractivity contribution in [1.82, 2.24) is 5.32 Å². The van der Waals surface area contributed by atoms with Gasteiger partial charge in [-0.3, -0.25) is 4.18 Å². The fourth-order valence-electron chi connectivity index (χ4n) is 4.44. The molecule has 0 saturated heterocycles. The van der Waals surface area contributed by atoms with Crippen molar-refractivity contribution in [2.75, 3.05) is 27.1 Å². The smallest absolute Gasteiger partial charge is 0.408 e. The lowest BCUT2D eigenvalue weighted by atomic mass is 9.92. The Morgan fingerprint density at radius 3 is 2.34 bits per heavy atom. The first-order valence-corrected chi connectivity index (χ1v) is 17.9. The van der Waals surface area contributed by atoms with Crippen LogP contribution in [0.1, 0.15) is 51.7 Å². The van der Waals surface area contributed by atoms with E-state index in [0.29, 0.717) is 30.9 Å². The van der Waals surface area contributed by atoms with Gasteiger partial charge in [-0.1, -0.05) is 59.8 Å². The zero-order chi connectivity index (χ0) is 34.3. The Morgan fingerprint density at radius 1 is 1.00 bits per heavy atom. The molecule has 0 aliphatic heterocycles. The number of ether oxygens (including phenoxy) is 4. The summed E-state index contributed by atoms with van der Waals surface area (Å²) in [6, 6.07) is 23.8. The van der Waals surface area contributed by atoms with Crippen molar-refractivity contribution in [3.8, 4) is 5.75 Å². The van der Waals surface area contributed by atoms with Gasteiger partial charge in [0.05, 0.1) is 24.2 Å². The molecular formula is C35H44ClNO8S2. The van der Waals surface area contributed by atoms with Crippen LogP contribution < -0.4 is 10.1 Å². The molecule has 0 heterocycles. The van der Waals surface area contributed by atoms with Crippen LogP contribution in [0.5, 0.6) is 5.75 Å². The average Bonchev–Trinajstić information content (AvgIpc) is 3.00. The summed E-state index contributed by atoms with van der Waals surface area (Å²) in [6.45, 7) is 7.15. The Balaban J connectivity index is 1.69. The molecule has 1 N–H and O–H groups in total. The van der Waals surface area contributed by atoms with Crippen molar-refractivity contribution in [3.05, 3.63) is 100 Å². The summed E-state index contributed by atoms with van der Waals surface area (Å²) in [5, 5.41) is 4.36. The Bertz CT molecular complexity index is 1540. The third-order valence-corrected chi connectivity index (χ3v) is 8.93. The van der Waals surface area contributed by atoms with Crippen molar-refractivity contribution in [1.29, 1.82) is 0 Å². The van der Waals surface area contributed by atoms with Gasteiger partial charge in [0.1, 0.15) is 24.8 Å². The number of alkyl carbamates (subject to hydrolysis) is 1. The van der Waals surface area contributed by atoms with E-state index in [4.69, 9.17) is 34.7 Å². The molecule has 1 amide bonds. The number of carbonyl (C=O) groups excluding carboxylic acids is 1. The number of halogens is 1. The number of hydrogen-bond acceptors (Lipinski definition) is 9. The van der Waals surface area contributed by atoms with E-state index < -0.39 is 27.4 Å². The topological polar surface area (TPSA) is 109 Å². The summed E-state index contributed by atoms with van der Waals surface area (Å²) < 4.78 is 51.6. The van der Waals surface area contributed by atoms with E-state index in [1.165, 1.54) is 13.2 Å². The van der Waals surface area contributed by atoms with Gasteiger partial charge in [-0.25, -0.2) is 4.79 Å². The minimum Gasteiger partial charge on any atom is -0.489 e. The molecule has 0 aliphatic carbocycles. The minimum atomic E-state index is -3.99. The van der Waals surface area contributed by atoms with E-state index >= 15 is 0 Å². The van der Waals surface area contributed by atoms with E-state index in [0.717, 1.165) is 32.1 Å². The SMILES string of the molecule is CCOS(=O)(=O)C=CC(CCCc1ccc(Sc2ccc(OCc3ccccc3)cc2)cc1Cl)(COCOC)NC(=O)OC(C)(C)C. The van der Waals surface area contributed by atoms with Crippen LogP contribution in [0, 0.1) is 0 Å². The average molecular weight is 706 g/mol. The number of carbonyl (C=O) groups is 1. The zero-order valence-electron chi connectivity index (χ0n) is 27.5. The van der Waals surface area contributed by atoms with Gasteiger partial charge < -0.3 is 24.3 Å². The molecule has 0 aliphatic rings. The maximum absolute atomic E-state index is 12.9. The monoisotopic (exact) mass is 705 g/mol. The molecule has 0 bridgehead atoms. The van der Waals surface area contributed by atoms with Crippen LogP contribution in [0.3, 0.4) is 0 Å². The third-order valence-electron chi connectivity index (χ3n) is 6.55. The van der Waals surface area contributed by atoms with Gasteiger partial charge in [-0.2, -0.15) is 8.42 Å². The molecular weight excluding hydrogens is 662 g/mol. The van der Waals surface area contributed by atoms with Crippen molar-refractivity contribution < 1.29 is 36.3 Å². The Morgan fingerprint density at radius 2 is 1.70 bits per heavy atom. The van der Waals surface area contributed by atoms with E-state index in [1.807, 2.05) is 72.8 Å². The largest absolute Gasteiger partial charge is 0.489 e. The number of hydrogen-bond donors (Lipinski definition) is 1. The number of amides is 1. The molecule has 0 fully saturated rings. The van der Waals surface area contributed by atoms with Crippen molar-refractivity contribution in [2.45, 2.75) is 74.5 Å². The minimum absolute atomic E-state index is 0.0272. The van der Waals surface area contributed by atoms with Gasteiger partial charge in [-0.15, -0.1) is 0 Å². The summed E-state index contributed by atoms with van der Waals surface area (Å²) in [5.41, 5.74) is 0.00623. The van der Waals surface area contributed by atoms with E-state index in [2.05, 4.69) is 5.32 Å². The number of benzene rings is 3. The molecule has 0 radical (unpaired) electrons. The van der Waals surface area contributed by atoms with Crippen molar-refractivity contribution in [2.24, 2.45) is 0 Å². The highest BCUT2D eigenvalue weighted by molar-refractivity contribution is 7.99. The standard InChI is InChI=1S/C35H44ClNO8S2/c1-6-44-47(39,40)22-21-35(25-42-26-41-5,37-33(38)45-34(2,3)4)20-10-13-28-14-17-31(23-32(28)36)46-30-18-15-29(16-19-30)43-24-27-11-8-7-9-12-27/h7-9,11-12,14-19,21-23H,6,10,13,20,24-26H2,1-5H3,(H,37,38). The van der Waals surface area contributed by atoms with Crippen molar-refractivity contribution >= 4 is 39.6 Å². The summed E-state index contributed by atoms with van der Waals surface area (Å²) in [7, 11) is -2.52. The lowest BCUT2D eigenvalue weighted by Crippen LogP contribution is -2.52. The van der Waals surface area contributed by atoms with Crippen LogP contribution in [0.4, 0.5) is 4.79 Å². The van der Waals surface area contributed by atoms with Gasteiger partial charge in [0.2, 0.25) is 0 Å². The van der Waals surface area contributed by atoms with Gasteiger partial charge in [0.15, 0.2) is 0 Å². The summed E-state index contributed by atoms with van der Waals surface area (Å²) in [6.07, 6.45) is 2.05. The first-order chi connectivity index (χ1) is 22.3. The highest BCUT2D eigenvalue weighted by Crippen LogP contribution is 2.33. The highest BCUT2D eigenvalue weighted by atomic mass is 35.5. The second-order valence-electron chi connectivity index (χ2n) is 11.7. The van der Waals surface area contributed by atoms with Crippen LogP contribution in [0.2, 0.25) is 5.02 Å². The van der Waals surface area contributed by atoms with Gasteiger partial charge in [0, 0.05) is 21.9 Å². The number of aryl methyl sites for hydroxylation is 1. The third kappa shape index (κ3) is 14.3. The molecule has 1 unspecified atom stereocenters. The van der Waals surface area contributed by atoms with Crippen LogP contribution in [0.25, 0.3) is 0 Å². The lowest BCUT2D eigenvalue weighted by molar-refractivity contribution is -0.0492. The molecule has 12 heteroatoms. The Hall–Kier alpha value is -3.06. The van der Waals surface area contributed by atoms with Gasteiger partial charge in [-0.05, 0) is 101 Å². The molecule has 0 saturated carbocycles. The van der Waals surface area contributed by atoms with Crippen molar-refractivity contribution in [3.63, 3.8) is 0 Å². The molecule has 3 rings (SSSR count). The van der Waals surface area contributed by atoms with Crippen LogP contribution in [-0.4, -0.2) is 52.8 Å². The Labute approximate surface area is 288 Å². The quantitative estimate of drug-likeness (QED) is 0.0797. The molecule has 256 valence electrons. The normalized spacial score (nSPS) is 13.3. The van der Waals surface area contributed by atoms with E-state index in [-0.39, 0.29) is 20.0 Å². The molecule has 9 nitrogen and oxygen atoms in total. The maximum Gasteiger partial charge on any atom is 0.408 e. The molecule has 3 aromatic carbocycles. The van der Waals surface area contributed by atoms with Crippen LogP contribution in [-0.2, 0) is 41.5 Å². The summed E-state index contributed by atoms with van der Waals surface area (Å²) in [4.78, 5) is 14.9. The van der Waals surface area contributed by atoms with Crippen LogP contribution >= 0.6 is 23.4 Å². The molecule has 0 aromatic heterocycles. The molecule has 1 atom stereocenters. The van der Waals surface area contributed by atoms with Gasteiger partial charge >= 0.3 is 6.09 Å². The second-order valence-corrected chi connectivity index (χ2v) is 14.7. The Kier molecular flexibility index (Phi) is 15.1. The second kappa shape index (κ2) is 18.5. The predicted molar refractivity (Wildman–Crippen MR) is 185 cm³/mol. The van der Waals surface area contributed by atoms with Gasteiger partial charge in [0.25, 0.3) is 10.1 Å². The highest BCUT2D eigenvalue weighted by Gasteiger charge is 2.32. The number of methoxy groups -OCH3 is 1. The van der Waals surface area contributed by atoms with E-state index in [1.54, 1.807) is 39.5 Å². The molecule has 47 heavy (non-hydrogen) atoms. The lowest BCUT2D eigenvalue weighted by Gasteiger charge is -2.33. The van der Waals surface area contributed by atoms with Crippen LogP contribution in [0.15, 0.2) is 94.1 Å². The maximum atomic E-state index is 12.9. The fourth-order valence-corrected chi connectivity index (χ4v) is 6.48. The first kappa shape index (κ1) is 38.4.